The van der Waals surface area contributed by atoms with Crippen molar-refractivity contribution in [2.45, 2.75) is 33.2 Å². The second kappa shape index (κ2) is 3.63. The van der Waals surface area contributed by atoms with E-state index in [0.717, 1.165) is 17.0 Å². The van der Waals surface area contributed by atoms with Crippen LogP contribution in [0.1, 0.15) is 26.5 Å². The van der Waals surface area contributed by atoms with Gasteiger partial charge in [0, 0.05) is 11.6 Å². The monoisotopic (exact) mass is 238 g/mol. The molecular weight excluding hydrogens is 224 g/mol. The molecule has 0 amide bonds. The molecule has 4 nitrogen and oxygen atoms in total. The second-order valence-corrected chi connectivity index (χ2v) is 5.29. The van der Waals surface area contributed by atoms with Crippen molar-refractivity contribution in [2.24, 2.45) is 0 Å². The summed E-state index contributed by atoms with van der Waals surface area (Å²) < 4.78 is 1.70. The van der Waals surface area contributed by atoms with E-state index in [1.165, 1.54) is 0 Å². The number of hydrogen-bond donors (Lipinski definition) is 1. The van der Waals surface area contributed by atoms with Gasteiger partial charge in [0.25, 0.3) is 0 Å². The standard InChI is InChI=1S/C11H15ClN4/c1-7-6-16-10(13-7)8(5-9(12)15-16)14-11(2,3)4/h5-6,14H,1-4H3. The van der Waals surface area contributed by atoms with E-state index in [1.807, 2.05) is 13.1 Å². The summed E-state index contributed by atoms with van der Waals surface area (Å²) in [6, 6.07) is 1.80. The Morgan fingerprint density at radius 3 is 2.69 bits per heavy atom. The van der Waals surface area contributed by atoms with Crippen LogP contribution in [-0.2, 0) is 0 Å². The second-order valence-electron chi connectivity index (χ2n) is 4.91. The average Bonchev–Trinajstić information content (AvgIpc) is 2.42. The molecule has 0 saturated heterocycles. The summed E-state index contributed by atoms with van der Waals surface area (Å²) in [6.07, 6.45) is 1.86. The van der Waals surface area contributed by atoms with Crippen LogP contribution in [0.5, 0.6) is 0 Å². The first-order valence-electron chi connectivity index (χ1n) is 5.16. The molecule has 16 heavy (non-hydrogen) atoms. The Labute approximate surface area is 99.6 Å². The molecule has 0 radical (unpaired) electrons. The molecule has 0 bridgehead atoms. The van der Waals surface area contributed by atoms with Gasteiger partial charge in [-0.15, -0.1) is 0 Å². The van der Waals surface area contributed by atoms with Crippen LogP contribution in [-0.4, -0.2) is 20.1 Å². The van der Waals surface area contributed by atoms with Gasteiger partial charge in [0.15, 0.2) is 10.8 Å². The summed E-state index contributed by atoms with van der Waals surface area (Å²) in [5.74, 6) is 0. The molecule has 2 aromatic rings. The molecule has 0 unspecified atom stereocenters. The highest BCUT2D eigenvalue weighted by atomic mass is 35.5. The predicted octanol–water partition coefficient (Wildman–Crippen LogP) is 2.90. The van der Waals surface area contributed by atoms with Crippen LogP contribution in [0.2, 0.25) is 5.15 Å². The van der Waals surface area contributed by atoms with Crippen molar-refractivity contribution in [1.82, 2.24) is 14.6 Å². The lowest BCUT2D eigenvalue weighted by molar-refractivity contribution is 0.633. The van der Waals surface area contributed by atoms with Crippen molar-refractivity contribution in [2.75, 3.05) is 5.32 Å². The van der Waals surface area contributed by atoms with E-state index in [0.29, 0.717) is 5.15 Å². The first-order valence-corrected chi connectivity index (χ1v) is 5.54. The van der Waals surface area contributed by atoms with Gasteiger partial charge in [-0.05, 0) is 27.7 Å². The molecule has 2 heterocycles. The summed E-state index contributed by atoms with van der Waals surface area (Å²) in [7, 11) is 0. The van der Waals surface area contributed by atoms with Gasteiger partial charge in [-0.3, -0.25) is 0 Å². The molecule has 2 aromatic heterocycles. The molecule has 0 spiro atoms. The SMILES string of the molecule is Cc1cn2nc(Cl)cc(NC(C)(C)C)c2n1. The zero-order chi connectivity index (χ0) is 11.9. The smallest absolute Gasteiger partial charge is 0.177 e. The normalized spacial score (nSPS) is 12.1. The summed E-state index contributed by atoms with van der Waals surface area (Å²) in [5, 5.41) is 7.99. The number of rotatable bonds is 1. The first-order chi connectivity index (χ1) is 7.35. The lowest BCUT2D eigenvalue weighted by atomic mass is 10.1. The van der Waals surface area contributed by atoms with Crippen molar-refractivity contribution in [3.63, 3.8) is 0 Å². The van der Waals surface area contributed by atoms with Crippen molar-refractivity contribution < 1.29 is 0 Å². The van der Waals surface area contributed by atoms with E-state index < -0.39 is 0 Å². The molecule has 1 N–H and O–H groups in total. The van der Waals surface area contributed by atoms with Crippen LogP contribution in [0.4, 0.5) is 5.69 Å². The molecule has 0 fully saturated rings. The fraction of sp³-hybridized carbons (Fsp3) is 0.455. The largest absolute Gasteiger partial charge is 0.377 e. The van der Waals surface area contributed by atoms with E-state index in [1.54, 1.807) is 10.6 Å². The summed E-state index contributed by atoms with van der Waals surface area (Å²) in [6.45, 7) is 8.21. The Morgan fingerprint density at radius 2 is 2.06 bits per heavy atom. The Hall–Kier alpha value is -1.29. The molecule has 0 aliphatic rings. The van der Waals surface area contributed by atoms with Crippen LogP contribution in [0, 0.1) is 6.92 Å². The fourth-order valence-electron chi connectivity index (χ4n) is 1.56. The van der Waals surface area contributed by atoms with E-state index in [-0.39, 0.29) is 5.54 Å². The number of nitrogens with one attached hydrogen (secondary N) is 1. The molecule has 86 valence electrons. The van der Waals surface area contributed by atoms with Gasteiger partial charge in [0.1, 0.15) is 0 Å². The van der Waals surface area contributed by atoms with Gasteiger partial charge in [-0.1, -0.05) is 11.6 Å². The number of hydrogen-bond acceptors (Lipinski definition) is 3. The van der Waals surface area contributed by atoms with E-state index in [2.05, 4.69) is 36.2 Å². The third-order valence-corrected chi connectivity index (χ3v) is 2.21. The fourth-order valence-corrected chi connectivity index (χ4v) is 1.75. The van der Waals surface area contributed by atoms with Crippen LogP contribution in [0.25, 0.3) is 5.65 Å². The van der Waals surface area contributed by atoms with Crippen molar-refractivity contribution in [1.29, 1.82) is 0 Å². The van der Waals surface area contributed by atoms with E-state index in [9.17, 15) is 0 Å². The number of anilines is 1. The topological polar surface area (TPSA) is 42.2 Å². The molecular formula is C11H15ClN4. The van der Waals surface area contributed by atoms with E-state index in [4.69, 9.17) is 11.6 Å². The maximum atomic E-state index is 5.96. The van der Waals surface area contributed by atoms with Gasteiger partial charge in [-0.2, -0.15) is 5.10 Å². The highest BCUT2D eigenvalue weighted by molar-refractivity contribution is 6.29. The third-order valence-electron chi connectivity index (χ3n) is 2.03. The summed E-state index contributed by atoms with van der Waals surface area (Å²) >= 11 is 5.96. The Morgan fingerprint density at radius 1 is 1.38 bits per heavy atom. The third kappa shape index (κ3) is 2.27. The van der Waals surface area contributed by atoms with Crippen LogP contribution < -0.4 is 5.32 Å². The van der Waals surface area contributed by atoms with Crippen molar-refractivity contribution in [3.8, 4) is 0 Å². The maximum absolute atomic E-state index is 5.96. The highest BCUT2D eigenvalue weighted by Gasteiger charge is 2.14. The lowest BCUT2D eigenvalue weighted by Gasteiger charge is -2.22. The highest BCUT2D eigenvalue weighted by Crippen LogP contribution is 2.22. The summed E-state index contributed by atoms with van der Waals surface area (Å²) in [4.78, 5) is 4.42. The van der Waals surface area contributed by atoms with Gasteiger partial charge in [0.2, 0.25) is 0 Å². The number of imidazole rings is 1. The molecule has 2 rings (SSSR count). The van der Waals surface area contributed by atoms with Crippen molar-refractivity contribution in [3.05, 3.63) is 23.1 Å². The maximum Gasteiger partial charge on any atom is 0.177 e. The quantitative estimate of drug-likeness (QED) is 0.831. The predicted molar refractivity (Wildman–Crippen MR) is 66.1 cm³/mol. The van der Waals surface area contributed by atoms with Gasteiger partial charge in [0.05, 0.1) is 17.6 Å². The number of halogens is 1. The molecule has 5 heteroatoms. The number of fused-ring (bicyclic) bond motifs is 1. The number of nitrogens with zero attached hydrogens (tertiary/aromatic N) is 3. The molecule has 0 aromatic carbocycles. The molecule has 0 aliphatic heterocycles. The molecule has 0 atom stereocenters. The van der Waals surface area contributed by atoms with Crippen LogP contribution in [0.3, 0.4) is 0 Å². The minimum absolute atomic E-state index is 0.0367. The minimum Gasteiger partial charge on any atom is -0.377 e. The van der Waals surface area contributed by atoms with Crippen LogP contribution in [0.15, 0.2) is 12.3 Å². The zero-order valence-corrected chi connectivity index (χ0v) is 10.6. The summed E-state index contributed by atoms with van der Waals surface area (Å²) in [5.41, 5.74) is 2.59. The number of aromatic nitrogens is 3. The Kier molecular flexibility index (Phi) is 2.54. The van der Waals surface area contributed by atoms with Gasteiger partial charge >= 0.3 is 0 Å². The van der Waals surface area contributed by atoms with E-state index >= 15 is 0 Å². The lowest BCUT2D eigenvalue weighted by Crippen LogP contribution is -2.26. The zero-order valence-electron chi connectivity index (χ0n) is 9.87. The number of aryl methyl sites for hydroxylation is 1. The minimum atomic E-state index is -0.0367. The van der Waals surface area contributed by atoms with Gasteiger partial charge < -0.3 is 5.32 Å². The molecule has 0 aliphatic carbocycles. The Balaban J connectivity index is 2.58. The van der Waals surface area contributed by atoms with Gasteiger partial charge in [-0.25, -0.2) is 9.50 Å². The molecule has 0 saturated carbocycles. The Bertz CT molecular complexity index is 524. The average molecular weight is 239 g/mol. The van der Waals surface area contributed by atoms with Crippen LogP contribution >= 0.6 is 11.6 Å². The first kappa shape index (κ1) is 11.2. The van der Waals surface area contributed by atoms with Crippen molar-refractivity contribution >= 4 is 22.9 Å².